The zero-order valence-electron chi connectivity index (χ0n) is 17.9. The molecule has 158 valence electrons. The van der Waals surface area contributed by atoms with Gasteiger partial charge in [0.2, 0.25) is 0 Å². The molecule has 2 heterocycles. The molecule has 2 N–H and O–H groups in total. The minimum absolute atomic E-state index is 0.0244. The molecule has 0 aliphatic carbocycles. The largest absolute Gasteiger partial charge is 0.355 e. The summed E-state index contributed by atoms with van der Waals surface area (Å²) >= 11 is 0. The molecule has 1 aromatic heterocycles. The van der Waals surface area contributed by atoms with Gasteiger partial charge in [-0.3, -0.25) is 14.7 Å². The molecule has 1 atom stereocenters. The van der Waals surface area contributed by atoms with E-state index in [9.17, 15) is 9.59 Å². The number of nitrogens with one attached hydrogen (secondary N) is 2. The Bertz CT molecular complexity index is 1200. The van der Waals surface area contributed by atoms with Crippen molar-refractivity contribution in [2.24, 2.45) is 0 Å². The Kier molecular flexibility index (Phi) is 5.74. The minimum atomic E-state index is -0.186. The molecule has 0 spiro atoms. The molecule has 7 heteroatoms. The number of nitrogens with zero attached hydrogens (tertiary/aromatic N) is 3. The van der Waals surface area contributed by atoms with Gasteiger partial charge < -0.3 is 15.1 Å². The monoisotopic (exact) mass is 415 g/mol. The van der Waals surface area contributed by atoms with E-state index in [0.29, 0.717) is 28.4 Å². The van der Waals surface area contributed by atoms with E-state index in [0.717, 1.165) is 30.4 Å². The van der Waals surface area contributed by atoms with Gasteiger partial charge in [-0.25, -0.2) is 0 Å². The highest BCUT2D eigenvalue weighted by molar-refractivity contribution is 5.99. The Morgan fingerprint density at radius 2 is 2.00 bits per heavy atom. The lowest BCUT2D eigenvalue weighted by molar-refractivity contribution is 0.0783. The Balaban J connectivity index is 1.63. The maximum absolute atomic E-state index is 13.0. The van der Waals surface area contributed by atoms with Crippen LogP contribution in [0.25, 0.3) is 10.9 Å². The molecule has 4 rings (SSSR count). The van der Waals surface area contributed by atoms with Crippen molar-refractivity contribution >= 4 is 22.7 Å². The standard InChI is InChI=1S/C24H25N5O2/c1-25-23(30)19-7-5-4-6-16(19)8-10-21-20-14-17(9-11-22(20)27-26-21)24(31)29-13-12-18(15-29)28(2)3/h4-7,9,11,14,18H,12-13,15H2,1-3H3,(H,25,30)(H,26,27)/t18-/m1/s1. The van der Waals surface area contributed by atoms with Crippen LogP contribution < -0.4 is 5.32 Å². The fourth-order valence-electron chi connectivity index (χ4n) is 3.82. The number of benzene rings is 2. The predicted molar refractivity (Wildman–Crippen MR) is 120 cm³/mol. The summed E-state index contributed by atoms with van der Waals surface area (Å²) in [5, 5.41) is 10.7. The molecule has 1 fully saturated rings. The number of hydrogen-bond acceptors (Lipinski definition) is 4. The van der Waals surface area contributed by atoms with Crippen LogP contribution in [0.2, 0.25) is 0 Å². The number of carbonyl (C=O) groups excluding carboxylic acids is 2. The van der Waals surface area contributed by atoms with Crippen LogP contribution in [0.4, 0.5) is 0 Å². The van der Waals surface area contributed by atoms with Gasteiger partial charge in [0.15, 0.2) is 0 Å². The number of carbonyl (C=O) groups is 2. The van der Waals surface area contributed by atoms with Gasteiger partial charge in [-0.1, -0.05) is 18.1 Å². The summed E-state index contributed by atoms with van der Waals surface area (Å²) in [6.45, 7) is 1.49. The number of aromatic nitrogens is 2. The quantitative estimate of drug-likeness (QED) is 0.642. The van der Waals surface area contributed by atoms with Gasteiger partial charge in [0.05, 0.1) is 11.1 Å². The smallest absolute Gasteiger partial charge is 0.253 e. The lowest BCUT2D eigenvalue weighted by Gasteiger charge is -2.20. The Hall–Kier alpha value is -3.63. The maximum atomic E-state index is 13.0. The SMILES string of the molecule is CNC(=O)c1ccccc1C#Cc1[nH]nc2ccc(C(=O)N3CC[C@@H](N(C)C)C3)cc12. The van der Waals surface area contributed by atoms with Gasteiger partial charge in [-0.05, 0) is 56.8 Å². The highest BCUT2D eigenvalue weighted by Gasteiger charge is 2.28. The third kappa shape index (κ3) is 4.16. The molecule has 0 saturated carbocycles. The first-order valence-electron chi connectivity index (χ1n) is 10.2. The normalized spacial score (nSPS) is 15.7. The molecule has 3 aromatic rings. The van der Waals surface area contributed by atoms with E-state index >= 15 is 0 Å². The number of likely N-dealkylation sites (tertiary alicyclic amines) is 1. The summed E-state index contributed by atoms with van der Waals surface area (Å²) in [6, 6.07) is 13.1. The lowest BCUT2D eigenvalue weighted by Crippen LogP contribution is -2.34. The average molecular weight is 415 g/mol. The fraction of sp³-hybridized carbons (Fsp3) is 0.292. The molecule has 1 saturated heterocycles. The van der Waals surface area contributed by atoms with Crippen molar-refractivity contribution in [3.63, 3.8) is 0 Å². The molecule has 7 nitrogen and oxygen atoms in total. The molecule has 1 aliphatic rings. The van der Waals surface area contributed by atoms with Crippen molar-refractivity contribution in [3.8, 4) is 11.8 Å². The van der Waals surface area contributed by atoms with Crippen molar-refractivity contribution in [1.82, 2.24) is 25.3 Å². The van der Waals surface area contributed by atoms with Gasteiger partial charge in [0.1, 0.15) is 5.69 Å². The van der Waals surface area contributed by atoms with Crippen molar-refractivity contribution in [3.05, 3.63) is 64.8 Å². The second-order valence-corrected chi connectivity index (χ2v) is 7.86. The number of likely N-dealkylation sites (N-methyl/N-ethyl adjacent to an activating group) is 1. The van der Waals surface area contributed by atoms with E-state index in [1.807, 2.05) is 43.3 Å². The summed E-state index contributed by atoms with van der Waals surface area (Å²) in [5.74, 6) is 5.98. The third-order valence-corrected chi connectivity index (χ3v) is 5.70. The summed E-state index contributed by atoms with van der Waals surface area (Å²) in [4.78, 5) is 29.2. The molecule has 1 aliphatic heterocycles. The molecule has 2 aromatic carbocycles. The number of amides is 2. The molecule has 31 heavy (non-hydrogen) atoms. The van der Waals surface area contributed by atoms with Crippen LogP contribution in [0.5, 0.6) is 0 Å². The Labute approximate surface area is 181 Å². The van der Waals surface area contributed by atoms with Crippen LogP contribution in [0.15, 0.2) is 42.5 Å². The van der Waals surface area contributed by atoms with Crippen LogP contribution in [-0.4, -0.2) is 72.1 Å². The van der Waals surface area contributed by atoms with E-state index in [2.05, 4.69) is 32.3 Å². The van der Waals surface area contributed by atoms with Crippen molar-refractivity contribution < 1.29 is 9.59 Å². The molecule has 0 bridgehead atoms. The first-order valence-corrected chi connectivity index (χ1v) is 10.2. The second kappa shape index (κ2) is 8.62. The molecular formula is C24H25N5O2. The minimum Gasteiger partial charge on any atom is -0.355 e. The maximum Gasteiger partial charge on any atom is 0.253 e. The highest BCUT2D eigenvalue weighted by atomic mass is 16.2. The summed E-state index contributed by atoms with van der Waals surface area (Å²) < 4.78 is 0. The van der Waals surface area contributed by atoms with E-state index < -0.39 is 0 Å². The first-order chi connectivity index (χ1) is 15.0. The number of H-pyrrole nitrogens is 1. The lowest BCUT2D eigenvalue weighted by atomic mass is 10.1. The van der Waals surface area contributed by atoms with Crippen LogP contribution in [0, 0.1) is 11.8 Å². The van der Waals surface area contributed by atoms with E-state index in [1.165, 1.54) is 0 Å². The summed E-state index contributed by atoms with van der Waals surface area (Å²) in [7, 11) is 5.68. The number of fused-ring (bicyclic) bond motifs is 1. The van der Waals surface area contributed by atoms with Gasteiger partial charge in [-0.2, -0.15) is 5.10 Å². The van der Waals surface area contributed by atoms with Gasteiger partial charge >= 0.3 is 0 Å². The second-order valence-electron chi connectivity index (χ2n) is 7.86. The van der Waals surface area contributed by atoms with Gasteiger partial charge in [0.25, 0.3) is 11.8 Å². The molecule has 0 radical (unpaired) electrons. The number of rotatable bonds is 3. The van der Waals surface area contributed by atoms with E-state index in [4.69, 9.17) is 0 Å². The number of aromatic amines is 1. The van der Waals surface area contributed by atoms with Gasteiger partial charge in [0, 0.05) is 42.7 Å². The van der Waals surface area contributed by atoms with Crippen LogP contribution in [0.1, 0.15) is 38.4 Å². The topological polar surface area (TPSA) is 81.3 Å². The van der Waals surface area contributed by atoms with Crippen LogP contribution in [0.3, 0.4) is 0 Å². The Morgan fingerprint density at radius 1 is 1.19 bits per heavy atom. The van der Waals surface area contributed by atoms with E-state index in [1.54, 1.807) is 25.2 Å². The van der Waals surface area contributed by atoms with Crippen molar-refractivity contribution in [2.75, 3.05) is 34.2 Å². The van der Waals surface area contributed by atoms with Crippen molar-refractivity contribution in [2.45, 2.75) is 12.5 Å². The van der Waals surface area contributed by atoms with Crippen LogP contribution in [-0.2, 0) is 0 Å². The summed E-state index contributed by atoms with van der Waals surface area (Å²) in [6.07, 6.45) is 0.980. The zero-order chi connectivity index (χ0) is 22.0. The predicted octanol–water partition coefficient (Wildman–Crippen LogP) is 2.10. The molecule has 0 unspecified atom stereocenters. The molecule has 2 amide bonds. The average Bonchev–Trinajstić information content (AvgIpc) is 3.44. The van der Waals surface area contributed by atoms with E-state index in [-0.39, 0.29) is 11.8 Å². The Morgan fingerprint density at radius 3 is 2.74 bits per heavy atom. The zero-order valence-corrected chi connectivity index (χ0v) is 17.9. The van der Waals surface area contributed by atoms with Gasteiger partial charge in [-0.15, -0.1) is 0 Å². The van der Waals surface area contributed by atoms with Crippen molar-refractivity contribution in [1.29, 1.82) is 0 Å². The highest BCUT2D eigenvalue weighted by Crippen LogP contribution is 2.21. The van der Waals surface area contributed by atoms with Crippen LogP contribution >= 0.6 is 0 Å². The first kappa shape index (κ1) is 20.6. The number of hydrogen-bond donors (Lipinski definition) is 2. The fourth-order valence-corrected chi connectivity index (χ4v) is 3.82. The molecular weight excluding hydrogens is 390 g/mol. The summed E-state index contributed by atoms with van der Waals surface area (Å²) in [5.41, 5.74) is 3.13. The third-order valence-electron chi connectivity index (χ3n) is 5.70.